The number of benzene rings is 1. The van der Waals surface area contributed by atoms with Crippen molar-refractivity contribution in [3.8, 4) is 5.75 Å². The van der Waals surface area contributed by atoms with Crippen LogP contribution in [0.2, 0.25) is 0 Å². The molecule has 2 atom stereocenters. The molecule has 1 aromatic carbocycles. The van der Waals surface area contributed by atoms with Gasteiger partial charge in [-0.05, 0) is 43.0 Å². The zero-order valence-corrected chi connectivity index (χ0v) is 12.2. The van der Waals surface area contributed by atoms with Gasteiger partial charge in [0.25, 0.3) is 0 Å². The molecule has 0 aliphatic heterocycles. The van der Waals surface area contributed by atoms with Gasteiger partial charge in [-0.25, -0.2) is 0 Å². The van der Waals surface area contributed by atoms with Gasteiger partial charge in [0.05, 0.1) is 7.11 Å². The highest BCUT2D eigenvalue weighted by molar-refractivity contribution is 5.28. The first-order chi connectivity index (χ1) is 8.69. The first-order valence-electron chi connectivity index (χ1n) is 7.05. The van der Waals surface area contributed by atoms with E-state index in [-0.39, 0.29) is 0 Å². The fraction of sp³-hybridized carbons (Fsp3) is 0.625. The molecule has 1 rings (SSSR count). The van der Waals surface area contributed by atoms with Gasteiger partial charge in [-0.2, -0.15) is 0 Å². The van der Waals surface area contributed by atoms with Crippen molar-refractivity contribution in [1.82, 2.24) is 5.32 Å². The zero-order chi connectivity index (χ0) is 13.4. The highest BCUT2D eigenvalue weighted by Crippen LogP contribution is 2.17. The Balaban J connectivity index is 2.63. The van der Waals surface area contributed by atoms with Gasteiger partial charge in [0.1, 0.15) is 5.75 Å². The summed E-state index contributed by atoms with van der Waals surface area (Å²) in [6, 6.07) is 8.96. The lowest BCUT2D eigenvalue weighted by Gasteiger charge is -2.21. The predicted octanol–water partition coefficient (Wildman–Crippen LogP) is 3.65. The maximum atomic E-state index is 5.28. The second kappa shape index (κ2) is 8.15. The van der Waals surface area contributed by atoms with Crippen molar-refractivity contribution in [3.63, 3.8) is 0 Å². The van der Waals surface area contributed by atoms with Crippen LogP contribution in [0, 0.1) is 5.92 Å². The van der Waals surface area contributed by atoms with Gasteiger partial charge in [-0.15, -0.1) is 0 Å². The molecule has 2 nitrogen and oxygen atoms in total. The molecule has 0 bridgehead atoms. The minimum Gasteiger partial charge on any atom is -0.497 e. The summed E-state index contributed by atoms with van der Waals surface area (Å²) in [5.41, 5.74) is 1.35. The fourth-order valence-corrected chi connectivity index (χ4v) is 2.26. The average Bonchev–Trinajstić information content (AvgIpc) is 2.39. The van der Waals surface area contributed by atoms with E-state index in [0.717, 1.165) is 24.6 Å². The zero-order valence-electron chi connectivity index (χ0n) is 12.2. The molecule has 0 aliphatic rings. The van der Waals surface area contributed by atoms with Crippen molar-refractivity contribution in [1.29, 1.82) is 0 Å². The van der Waals surface area contributed by atoms with Crippen LogP contribution in [0.4, 0.5) is 0 Å². The molecule has 0 fully saturated rings. The fourth-order valence-electron chi connectivity index (χ4n) is 2.26. The molecule has 102 valence electrons. The second-order valence-corrected chi connectivity index (χ2v) is 5.06. The standard InChI is InChI=1S/C16H27NO/c1-5-13(3)10-15(17-6-2)11-14-8-7-9-16(12-14)18-4/h7-9,12-13,15,17H,5-6,10-11H2,1-4H3. The van der Waals surface area contributed by atoms with Crippen LogP contribution in [0.3, 0.4) is 0 Å². The second-order valence-electron chi connectivity index (χ2n) is 5.06. The summed E-state index contributed by atoms with van der Waals surface area (Å²) in [6.45, 7) is 7.80. The van der Waals surface area contributed by atoms with E-state index >= 15 is 0 Å². The van der Waals surface area contributed by atoms with Gasteiger partial charge >= 0.3 is 0 Å². The molecule has 2 unspecified atom stereocenters. The van der Waals surface area contributed by atoms with E-state index in [0.29, 0.717) is 6.04 Å². The Hall–Kier alpha value is -1.02. The monoisotopic (exact) mass is 249 g/mol. The number of hydrogen-bond donors (Lipinski definition) is 1. The van der Waals surface area contributed by atoms with Crippen molar-refractivity contribution in [2.24, 2.45) is 5.92 Å². The van der Waals surface area contributed by atoms with Crippen LogP contribution in [0.1, 0.15) is 39.2 Å². The molecule has 2 heteroatoms. The van der Waals surface area contributed by atoms with Gasteiger partial charge < -0.3 is 10.1 Å². The first-order valence-corrected chi connectivity index (χ1v) is 7.05. The van der Waals surface area contributed by atoms with Crippen LogP contribution in [0.15, 0.2) is 24.3 Å². The molecule has 0 aliphatic carbocycles. The van der Waals surface area contributed by atoms with Crippen molar-refractivity contribution >= 4 is 0 Å². The van der Waals surface area contributed by atoms with Crippen LogP contribution in [-0.4, -0.2) is 19.7 Å². The van der Waals surface area contributed by atoms with Crippen LogP contribution < -0.4 is 10.1 Å². The van der Waals surface area contributed by atoms with Gasteiger partial charge in [-0.3, -0.25) is 0 Å². The lowest BCUT2D eigenvalue weighted by molar-refractivity contribution is 0.394. The SMILES string of the molecule is CCNC(Cc1cccc(OC)c1)CC(C)CC. The third kappa shape index (κ3) is 5.09. The topological polar surface area (TPSA) is 21.3 Å². The lowest BCUT2D eigenvalue weighted by atomic mass is 9.94. The van der Waals surface area contributed by atoms with E-state index in [2.05, 4.69) is 44.3 Å². The minimum atomic E-state index is 0.567. The Morgan fingerprint density at radius 3 is 2.67 bits per heavy atom. The molecule has 1 aromatic rings. The molecule has 0 aromatic heterocycles. The highest BCUT2D eigenvalue weighted by atomic mass is 16.5. The molecule has 18 heavy (non-hydrogen) atoms. The summed E-state index contributed by atoms with van der Waals surface area (Å²) in [7, 11) is 1.72. The van der Waals surface area contributed by atoms with E-state index in [9.17, 15) is 0 Å². The number of ether oxygens (including phenoxy) is 1. The van der Waals surface area contributed by atoms with Crippen LogP contribution in [-0.2, 0) is 6.42 Å². The predicted molar refractivity (Wildman–Crippen MR) is 78.2 cm³/mol. The minimum absolute atomic E-state index is 0.567. The van der Waals surface area contributed by atoms with Gasteiger partial charge in [0.2, 0.25) is 0 Å². The van der Waals surface area contributed by atoms with Crippen molar-refractivity contribution in [2.45, 2.75) is 46.1 Å². The Bertz CT molecular complexity index is 338. The van der Waals surface area contributed by atoms with E-state index in [4.69, 9.17) is 4.74 Å². The molecular weight excluding hydrogens is 222 g/mol. The molecule has 1 N–H and O–H groups in total. The maximum Gasteiger partial charge on any atom is 0.119 e. The summed E-state index contributed by atoms with van der Waals surface area (Å²) in [5.74, 6) is 1.73. The molecule has 0 radical (unpaired) electrons. The number of nitrogens with one attached hydrogen (secondary N) is 1. The van der Waals surface area contributed by atoms with E-state index in [1.807, 2.05) is 6.07 Å². The summed E-state index contributed by atoms with van der Waals surface area (Å²) in [6.07, 6.45) is 3.57. The van der Waals surface area contributed by atoms with Gasteiger partial charge in [0.15, 0.2) is 0 Å². The van der Waals surface area contributed by atoms with Crippen LogP contribution >= 0.6 is 0 Å². The van der Waals surface area contributed by atoms with E-state index in [1.54, 1.807) is 7.11 Å². The molecule has 0 saturated carbocycles. The third-order valence-corrected chi connectivity index (χ3v) is 3.49. The number of rotatable bonds is 8. The summed E-state index contributed by atoms with van der Waals surface area (Å²) in [5, 5.41) is 3.59. The Kier molecular flexibility index (Phi) is 6.81. The van der Waals surface area contributed by atoms with Crippen LogP contribution in [0.25, 0.3) is 0 Å². The highest BCUT2D eigenvalue weighted by Gasteiger charge is 2.12. The Labute approximate surface area is 112 Å². The molecule has 0 spiro atoms. The molecule has 0 amide bonds. The quantitative estimate of drug-likeness (QED) is 0.759. The number of hydrogen-bond acceptors (Lipinski definition) is 2. The maximum absolute atomic E-state index is 5.28. The summed E-state index contributed by atoms with van der Waals surface area (Å²) < 4.78 is 5.28. The summed E-state index contributed by atoms with van der Waals surface area (Å²) in [4.78, 5) is 0. The first kappa shape index (κ1) is 15.0. The molecule has 0 heterocycles. The normalized spacial score (nSPS) is 14.2. The smallest absolute Gasteiger partial charge is 0.119 e. The number of likely N-dealkylation sites (N-methyl/N-ethyl adjacent to an activating group) is 1. The van der Waals surface area contributed by atoms with Crippen molar-refractivity contribution in [3.05, 3.63) is 29.8 Å². The summed E-state index contributed by atoms with van der Waals surface area (Å²) >= 11 is 0. The number of methoxy groups -OCH3 is 1. The Morgan fingerprint density at radius 1 is 1.28 bits per heavy atom. The lowest BCUT2D eigenvalue weighted by Crippen LogP contribution is -2.32. The van der Waals surface area contributed by atoms with Crippen molar-refractivity contribution < 1.29 is 4.74 Å². The Morgan fingerprint density at radius 2 is 2.06 bits per heavy atom. The van der Waals surface area contributed by atoms with Gasteiger partial charge in [0, 0.05) is 6.04 Å². The third-order valence-electron chi connectivity index (χ3n) is 3.49. The average molecular weight is 249 g/mol. The van der Waals surface area contributed by atoms with E-state index in [1.165, 1.54) is 18.4 Å². The largest absolute Gasteiger partial charge is 0.497 e. The molecular formula is C16H27NO. The molecule has 0 saturated heterocycles. The van der Waals surface area contributed by atoms with Crippen LogP contribution in [0.5, 0.6) is 5.75 Å². The van der Waals surface area contributed by atoms with E-state index < -0.39 is 0 Å². The van der Waals surface area contributed by atoms with Gasteiger partial charge in [-0.1, -0.05) is 39.3 Å². The van der Waals surface area contributed by atoms with Crippen molar-refractivity contribution in [2.75, 3.05) is 13.7 Å².